The third-order valence-corrected chi connectivity index (χ3v) is 5.42. The van der Waals surface area contributed by atoms with Gasteiger partial charge in [0, 0.05) is 19.1 Å². The molecule has 1 N–H and O–H groups in total. The number of nitrogens with one attached hydrogen (secondary N) is 1. The molecule has 2 unspecified atom stereocenters. The number of likely N-dealkylation sites (N-methyl/N-ethyl adjacent to an activating group) is 1. The van der Waals surface area contributed by atoms with Crippen LogP contribution >= 0.6 is 0 Å². The molecule has 2 nitrogen and oxygen atoms in total. The van der Waals surface area contributed by atoms with Crippen LogP contribution in [0.15, 0.2) is 24.3 Å². The molecule has 2 aliphatic carbocycles. The Hall–Kier alpha value is -0.860. The van der Waals surface area contributed by atoms with Gasteiger partial charge in [-0.15, -0.1) is 0 Å². The van der Waals surface area contributed by atoms with E-state index in [2.05, 4.69) is 48.5 Å². The molecule has 0 amide bonds. The molecule has 1 fully saturated rings. The fourth-order valence-corrected chi connectivity index (χ4v) is 4.06. The SMILES string of the molecule is CCN(C)CCNC1C2CCC1Cc1ccccc1C2. The van der Waals surface area contributed by atoms with E-state index in [1.807, 2.05) is 0 Å². The van der Waals surface area contributed by atoms with Crippen molar-refractivity contribution >= 4 is 0 Å². The standard InChI is InChI=1S/C18H28N2/c1-3-20(2)11-10-19-18-16-8-9-17(18)13-15-7-5-4-6-14(15)12-16/h4-7,16-19H,3,8-13H2,1-2H3. The summed E-state index contributed by atoms with van der Waals surface area (Å²) >= 11 is 0. The van der Waals surface area contributed by atoms with Gasteiger partial charge in [0.15, 0.2) is 0 Å². The Labute approximate surface area is 123 Å². The van der Waals surface area contributed by atoms with Crippen LogP contribution in [-0.4, -0.2) is 37.6 Å². The van der Waals surface area contributed by atoms with Gasteiger partial charge in [0.2, 0.25) is 0 Å². The summed E-state index contributed by atoms with van der Waals surface area (Å²) in [6.45, 7) is 5.67. The van der Waals surface area contributed by atoms with Gasteiger partial charge in [-0.1, -0.05) is 31.2 Å². The number of rotatable bonds is 5. The monoisotopic (exact) mass is 272 g/mol. The van der Waals surface area contributed by atoms with E-state index >= 15 is 0 Å². The van der Waals surface area contributed by atoms with E-state index in [-0.39, 0.29) is 0 Å². The van der Waals surface area contributed by atoms with E-state index in [1.165, 1.54) is 32.2 Å². The quantitative estimate of drug-likeness (QED) is 0.886. The lowest BCUT2D eigenvalue weighted by Crippen LogP contribution is -2.41. The molecule has 3 rings (SSSR count). The Bertz CT molecular complexity index is 410. The normalized spacial score (nSPS) is 28.4. The van der Waals surface area contributed by atoms with E-state index in [9.17, 15) is 0 Å². The number of benzene rings is 1. The van der Waals surface area contributed by atoms with Crippen molar-refractivity contribution in [1.82, 2.24) is 10.2 Å². The third-order valence-electron chi connectivity index (χ3n) is 5.42. The van der Waals surface area contributed by atoms with Crippen LogP contribution in [0.3, 0.4) is 0 Å². The maximum absolute atomic E-state index is 3.88. The highest BCUT2D eigenvalue weighted by Gasteiger charge is 2.38. The van der Waals surface area contributed by atoms with E-state index in [0.717, 1.165) is 31.0 Å². The Kier molecular flexibility index (Phi) is 4.42. The molecule has 0 heterocycles. The zero-order valence-corrected chi connectivity index (χ0v) is 12.9. The summed E-state index contributed by atoms with van der Waals surface area (Å²) in [5, 5.41) is 3.88. The molecule has 1 aromatic carbocycles. The molecular weight excluding hydrogens is 244 g/mol. The molecule has 2 heteroatoms. The average Bonchev–Trinajstić information content (AvgIpc) is 2.74. The summed E-state index contributed by atoms with van der Waals surface area (Å²) in [6.07, 6.45) is 5.41. The van der Waals surface area contributed by atoms with Crippen molar-refractivity contribution in [2.75, 3.05) is 26.7 Å². The van der Waals surface area contributed by atoms with Crippen LogP contribution in [-0.2, 0) is 12.8 Å². The highest BCUT2D eigenvalue weighted by atomic mass is 15.1. The number of hydrogen-bond donors (Lipinski definition) is 1. The maximum Gasteiger partial charge on any atom is 0.0130 e. The fourth-order valence-electron chi connectivity index (χ4n) is 4.06. The molecule has 1 aromatic rings. The second kappa shape index (κ2) is 6.28. The molecule has 0 spiro atoms. The molecule has 2 atom stereocenters. The molecule has 2 aliphatic rings. The Morgan fingerprint density at radius 3 is 2.25 bits per heavy atom. The Balaban J connectivity index is 1.64. The van der Waals surface area contributed by atoms with Gasteiger partial charge in [0.05, 0.1) is 0 Å². The van der Waals surface area contributed by atoms with Crippen molar-refractivity contribution in [1.29, 1.82) is 0 Å². The summed E-state index contributed by atoms with van der Waals surface area (Å²) in [4.78, 5) is 2.39. The van der Waals surface area contributed by atoms with Crippen LogP contribution in [0.4, 0.5) is 0 Å². The lowest BCUT2D eigenvalue weighted by atomic mass is 9.94. The van der Waals surface area contributed by atoms with Crippen LogP contribution < -0.4 is 5.32 Å². The summed E-state index contributed by atoms with van der Waals surface area (Å²) in [5.41, 5.74) is 3.22. The van der Waals surface area contributed by atoms with Crippen molar-refractivity contribution in [3.63, 3.8) is 0 Å². The third kappa shape index (κ3) is 2.91. The molecule has 0 saturated heterocycles. The van der Waals surface area contributed by atoms with E-state index in [4.69, 9.17) is 0 Å². The lowest BCUT2D eigenvalue weighted by Gasteiger charge is -2.25. The zero-order chi connectivity index (χ0) is 13.9. The minimum atomic E-state index is 0.743. The molecule has 0 aliphatic heterocycles. The number of fused-ring (bicyclic) bond motifs is 3. The second-order valence-corrected chi connectivity index (χ2v) is 6.65. The van der Waals surface area contributed by atoms with Crippen LogP contribution in [0.1, 0.15) is 30.9 Å². The summed E-state index contributed by atoms with van der Waals surface area (Å²) < 4.78 is 0. The smallest absolute Gasteiger partial charge is 0.0130 e. The number of nitrogens with zero attached hydrogens (tertiary/aromatic N) is 1. The van der Waals surface area contributed by atoms with E-state index in [1.54, 1.807) is 11.1 Å². The minimum absolute atomic E-state index is 0.743. The van der Waals surface area contributed by atoms with Crippen molar-refractivity contribution < 1.29 is 0 Å². The fraction of sp³-hybridized carbons (Fsp3) is 0.667. The molecular formula is C18H28N2. The predicted molar refractivity (Wildman–Crippen MR) is 85.0 cm³/mol. The van der Waals surface area contributed by atoms with Gasteiger partial charge in [-0.2, -0.15) is 0 Å². The van der Waals surface area contributed by atoms with Crippen molar-refractivity contribution in [2.45, 2.75) is 38.6 Å². The van der Waals surface area contributed by atoms with Crippen LogP contribution in [0.5, 0.6) is 0 Å². The summed E-state index contributed by atoms with van der Waals surface area (Å²) in [6, 6.07) is 9.84. The maximum atomic E-state index is 3.88. The highest BCUT2D eigenvalue weighted by molar-refractivity contribution is 5.30. The van der Waals surface area contributed by atoms with Crippen molar-refractivity contribution in [2.24, 2.45) is 11.8 Å². The van der Waals surface area contributed by atoms with Crippen LogP contribution in [0, 0.1) is 11.8 Å². The molecule has 0 radical (unpaired) electrons. The average molecular weight is 272 g/mol. The van der Waals surface area contributed by atoms with Crippen molar-refractivity contribution in [3.8, 4) is 0 Å². The largest absolute Gasteiger partial charge is 0.312 e. The molecule has 20 heavy (non-hydrogen) atoms. The van der Waals surface area contributed by atoms with Gasteiger partial charge in [-0.3, -0.25) is 0 Å². The van der Waals surface area contributed by atoms with Crippen molar-refractivity contribution in [3.05, 3.63) is 35.4 Å². The summed E-state index contributed by atoms with van der Waals surface area (Å²) in [5.74, 6) is 1.71. The zero-order valence-electron chi connectivity index (χ0n) is 12.9. The first kappa shape index (κ1) is 14.1. The molecule has 0 aromatic heterocycles. The highest BCUT2D eigenvalue weighted by Crippen LogP contribution is 2.39. The minimum Gasteiger partial charge on any atom is -0.312 e. The summed E-state index contributed by atoms with van der Waals surface area (Å²) in [7, 11) is 2.21. The van der Waals surface area contributed by atoms with Gasteiger partial charge in [0.1, 0.15) is 0 Å². The van der Waals surface area contributed by atoms with E-state index < -0.39 is 0 Å². The molecule has 110 valence electrons. The number of hydrogen-bond acceptors (Lipinski definition) is 2. The van der Waals surface area contributed by atoms with Gasteiger partial charge in [-0.05, 0) is 62.2 Å². The topological polar surface area (TPSA) is 15.3 Å². The first-order chi connectivity index (χ1) is 9.78. The van der Waals surface area contributed by atoms with E-state index in [0.29, 0.717) is 0 Å². The Morgan fingerprint density at radius 1 is 1.10 bits per heavy atom. The van der Waals surface area contributed by atoms with Crippen LogP contribution in [0.2, 0.25) is 0 Å². The second-order valence-electron chi connectivity index (χ2n) is 6.65. The van der Waals surface area contributed by atoms with Gasteiger partial charge >= 0.3 is 0 Å². The first-order valence-electron chi connectivity index (χ1n) is 8.26. The van der Waals surface area contributed by atoms with Gasteiger partial charge < -0.3 is 10.2 Å². The predicted octanol–water partition coefficient (Wildman–Crippen LogP) is 2.72. The van der Waals surface area contributed by atoms with Gasteiger partial charge in [0.25, 0.3) is 0 Å². The lowest BCUT2D eigenvalue weighted by molar-refractivity contribution is 0.299. The molecule has 2 bridgehead atoms. The molecule has 1 saturated carbocycles. The van der Waals surface area contributed by atoms with Crippen LogP contribution in [0.25, 0.3) is 0 Å². The Morgan fingerprint density at radius 2 is 1.70 bits per heavy atom. The van der Waals surface area contributed by atoms with Gasteiger partial charge in [-0.25, -0.2) is 0 Å². The first-order valence-corrected chi connectivity index (χ1v) is 8.26.